The summed E-state index contributed by atoms with van der Waals surface area (Å²) in [6.45, 7) is 4.98. The van der Waals surface area contributed by atoms with Crippen LogP contribution in [0.1, 0.15) is 48.2 Å². The molecule has 0 atom stereocenters. The van der Waals surface area contributed by atoms with Crippen molar-refractivity contribution in [1.82, 2.24) is 24.6 Å². The summed E-state index contributed by atoms with van der Waals surface area (Å²) in [6, 6.07) is 3.08. The van der Waals surface area contributed by atoms with E-state index in [-0.39, 0.29) is 5.91 Å². The summed E-state index contributed by atoms with van der Waals surface area (Å²) in [5.41, 5.74) is 1.60. The van der Waals surface area contributed by atoms with E-state index in [2.05, 4.69) is 26.0 Å². The van der Waals surface area contributed by atoms with Gasteiger partial charge in [0.15, 0.2) is 0 Å². The summed E-state index contributed by atoms with van der Waals surface area (Å²) >= 11 is 0. The first kappa shape index (κ1) is 17.5. The van der Waals surface area contributed by atoms with Gasteiger partial charge in [0.05, 0.1) is 12.8 Å². The lowest BCUT2D eigenvalue weighted by Gasteiger charge is -2.39. The van der Waals surface area contributed by atoms with Gasteiger partial charge in [-0.2, -0.15) is 5.10 Å². The molecule has 1 saturated carbocycles. The fraction of sp³-hybridized carbons (Fsp3) is 0.600. The number of carbonyl (C=O) groups excluding carboxylic acids is 1. The van der Waals surface area contributed by atoms with E-state index >= 15 is 0 Å². The number of ether oxygens (including phenoxy) is 1. The molecule has 0 N–H and O–H groups in total. The predicted octanol–water partition coefficient (Wildman–Crippen LogP) is 2.04. The second kappa shape index (κ2) is 7.07. The van der Waals surface area contributed by atoms with Gasteiger partial charge in [-0.3, -0.25) is 4.79 Å². The Hall–Kier alpha value is -2.64. The Morgan fingerprint density at radius 2 is 1.93 bits per heavy atom. The molecule has 0 aromatic carbocycles. The smallest absolute Gasteiger partial charge is 0.260 e. The fourth-order valence-corrected chi connectivity index (χ4v) is 4.34. The predicted molar refractivity (Wildman–Crippen MR) is 104 cm³/mol. The molecule has 8 heteroatoms. The molecule has 1 saturated heterocycles. The number of hydrogen-bond acceptors (Lipinski definition) is 6. The van der Waals surface area contributed by atoms with Crippen LogP contribution in [0, 0.1) is 6.92 Å². The third kappa shape index (κ3) is 3.21. The molecule has 0 radical (unpaired) electrons. The standard InChI is InChI=1S/C20H26N6O2/c1-14-11-18(22-13-21-14)26(15-3-4-15)16-5-8-24(9-6-16)19(27)17-12-23-25-7-2-10-28-20(17)25/h11-13,15-16H,2-10H2,1H3. The number of piperidine rings is 1. The maximum absolute atomic E-state index is 13.0. The van der Waals surface area contributed by atoms with E-state index in [1.807, 2.05) is 11.8 Å². The van der Waals surface area contributed by atoms with E-state index in [4.69, 9.17) is 4.74 Å². The van der Waals surface area contributed by atoms with E-state index in [1.54, 1.807) is 17.2 Å². The first-order valence-electron chi connectivity index (χ1n) is 10.3. The quantitative estimate of drug-likeness (QED) is 0.805. The van der Waals surface area contributed by atoms with Crippen molar-refractivity contribution < 1.29 is 9.53 Å². The van der Waals surface area contributed by atoms with Crippen molar-refractivity contribution >= 4 is 11.7 Å². The molecule has 4 heterocycles. The molecule has 148 valence electrons. The summed E-state index contributed by atoms with van der Waals surface area (Å²) < 4.78 is 7.51. The number of amides is 1. The zero-order valence-electron chi connectivity index (χ0n) is 16.3. The van der Waals surface area contributed by atoms with Gasteiger partial charge in [0.25, 0.3) is 5.91 Å². The zero-order chi connectivity index (χ0) is 19.1. The van der Waals surface area contributed by atoms with E-state index < -0.39 is 0 Å². The van der Waals surface area contributed by atoms with E-state index in [1.165, 1.54) is 12.8 Å². The first-order valence-corrected chi connectivity index (χ1v) is 10.3. The van der Waals surface area contributed by atoms with Crippen LogP contribution in [0.5, 0.6) is 5.88 Å². The van der Waals surface area contributed by atoms with Gasteiger partial charge >= 0.3 is 0 Å². The van der Waals surface area contributed by atoms with Gasteiger partial charge in [0.1, 0.15) is 17.7 Å². The number of carbonyl (C=O) groups is 1. The molecule has 1 aliphatic carbocycles. The Bertz CT molecular complexity index is 869. The van der Waals surface area contributed by atoms with Gasteiger partial charge in [0.2, 0.25) is 5.88 Å². The summed E-state index contributed by atoms with van der Waals surface area (Å²) in [5, 5.41) is 4.32. The number of fused-ring (bicyclic) bond motifs is 1. The SMILES string of the molecule is Cc1cc(N(C2CC2)C2CCN(C(=O)c3cnn4c3OCCC4)CC2)ncn1. The van der Waals surface area contributed by atoms with Crippen LogP contribution in [-0.2, 0) is 6.54 Å². The van der Waals surface area contributed by atoms with Gasteiger partial charge in [-0.1, -0.05) is 0 Å². The molecule has 3 aliphatic rings. The van der Waals surface area contributed by atoms with Crippen LogP contribution in [-0.4, -0.2) is 62.3 Å². The summed E-state index contributed by atoms with van der Waals surface area (Å²) in [5.74, 6) is 1.70. The molecule has 2 aliphatic heterocycles. The third-order valence-corrected chi connectivity index (χ3v) is 5.91. The molecule has 0 bridgehead atoms. The molecule has 1 amide bonds. The normalized spacial score (nSPS) is 19.8. The van der Waals surface area contributed by atoms with Crippen molar-refractivity contribution in [1.29, 1.82) is 0 Å². The molecule has 28 heavy (non-hydrogen) atoms. The highest BCUT2D eigenvalue weighted by molar-refractivity contribution is 5.96. The topological polar surface area (TPSA) is 76.4 Å². The van der Waals surface area contributed by atoms with Crippen molar-refractivity contribution in [3.63, 3.8) is 0 Å². The molecular formula is C20H26N6O2. The van der Waals surface area contributed by atoms with Gasteiger partial charge < -0.3 is 14.5 Å². The molecule has 2 aromatic heterocycles. The minimum atomic E-state index is 0.0393. The van der Waals surface area contributed by atoms with Crippen LogP contribution in [0.25, 0.3) is 0 Å². The monoisotopic (exact) mass is 382 g/mol. The number of hydrogen-bond donors (Lipinski definition) is 0. The number of likely N-dealkylation sites (tertiary alicyclic amines) is 1. The summed E-state index contributed by atoms with van der Waals surface area (Å²) in [7, 11) is 0. The van der Waals surface area contributed by atoms with Crippen LogP contribution in [0.15, 0.2) is 18.6 Å². The van der Waals surface area contributed by atoms with Gasteiger partial charge in [-0.25, -0.2) is 14.6 Å². The maximum atomic E-state index is 13.0. The average molecular weight is 382 g/mol. The first-order chi connectivity index (χ1) is 13.7. The van der Waals surface area contributed by atoms with E-state index in [9.17, 15) is 4.79 Å². The Kier molecular flexibility index (Phi) is 4.41. The summed E-state index contributed by atoms with van der Waals surface area (Å²) in [6.07, 6.45) is 8.61. The van der Waals surface area contributed by atoms with E-state index in [0.717, 1.165) is 50.4 Å². The highest BCUT2D eigenvalue weighted by Crippen LogP contribution is 2.35. The number of nitrogens with zero attached hydrogens (tertiary/aromatic N) is 6. The van der Waals surface area contributed by atoms with Crippen molar-refractivity contribution in [2.75, 3.05) is 24.6 Å². The van der Waals surface area contributed by atoms with Crippen LogP contribution >= 0.6 is 0 Å². The number of aryl methyl sites for hydroxylation is 2. The summed E-state index contributed by atoms with van der Waals surface area (Å²) in [4.78, 5) is 26.2. The Morgan fingerprint density at radius 1 is 1.14 bits per heavy atom. The van der Waals surface area contributed by atoms with Crippen LogP contribution < -0.4 is 9.64 Å². The molecule has 5 rings (SSSR count). The second-order valence-electron chi connectivity index (χ2n) is 7.97. The highest BCUT2D eigenvalue weighted by Gasteiger charge is 2.37. The van der Waals surface area contributed by atoms with Crippen molar-refractivity contribution in [2.24, 2.45) is 0 Å². The van der Waals surface area contributed by atoms with Crippen LogP contribution in [0.2, 0.25) is 0 Å². The van der Waals surface area contributed by atoms with Gasteiger partial charge in [-0.15, -0.1) is 0 Å². The Balaban J connectivity index is 1.28. The molecule has 0 unspecified atom stereocenters. The number of rotatable bonds is 4. The lowest BCUT2D eigenvalue weighted by atomic mass is 10.0. The number of anilines is 1. The maximum Gasteiger partial charge on any atom is 0.260 e. The average Bonchev–Trinajstić information content (AvgIpc) is 3.46. The molecular weight excluding hydrogens is 356 g/mol. The van der Waals surface area contributed by atoms with Gasteiger partial charge in [0, 0.05) is 49.9 Å². The molecule has 2 fully saturated rings. The second-order valence-corrected chi connectivity index (χ2v) is 7.97. The molecule has 0 spiro atoms. The molecule has 8 nitrogen and oxygen atoms in total. The minimum Gasteiger partial charge on any atom is -0.477 e. The molecule has 2 aromatic rings. The fourth-order valence-electron chi connectivity index (χ4n) is 4.34. The zero-order valence-corrected chi connectivity index (χ0v) is 16.3. The Labute approximate surface area is 164 Å². The van der Waals surface area contributed by atoms with Crippen molar-refractivity contribution in [2.45, 2.75) is 57.7 Å². The largest absolute Gasteiger partial charge is 0.477 e. The highest BCUT2D eigenvalue weighted by atomic mass is 16.5. The Morgan fingerprint density at radius 3 is 2.68 bits per heavy atom. The van der Waals surface area contributed by atoms with Crippen molar-refractivity contribution in [3.05, 3.63) is 29.8 Å². The van der Waals surface area contributed by atoms with Crippen LogP contribution in [0.3, 0.4) is 0 Å². The van der Waals surface area contributed by atoms with E-state index in [0.29, 0.717) is 30.1 Å². The van der Waals surface area contributed by atoms with Crippen molar-refractivity contribution in [3.8, 4) is 5.88 Å². The van der Waals surface area contributed by atoms with Crippen LogP contribution in [0.4, 0.5) is 5.82 Å². The lowest BCUT2D eigenvalue weighted by molar-refractivity contribution is 0.0705. The third-order valence-electron chi connectivity index (χ3n) is 5.91. The number of aromatic nitrogens is 4. The minimum absolute atomic E-state index is 0.0393. The lowest BCUT2D eigenvalue weighted by Crippen LogP contribution is -2.48. The van der Waals surface area contributed by atoms with Gasteiger partial charge in [-0.05, 0) is 32.6 Å².